The lowest BCUT2D eigenvalue weighted by Gasteiger charge is -2.17. The molecule has 1 fully saturated rings. The number of para-hydroxylation sites is 2. The summed E-state index contributed by atoms with van der Waals surface area (Å²) in [5, 5.41) is 0. The molecule has 1 saturated heterocycles. The van der Waals surface area contributed by atoms with E-state index in [2.05, 4.69) is 67.0 Å². The maximum atomic E-state index is 12.1. The Morgan fingerprint density at radius 3 is 2.64 bits per heavy atom. The Bertz CT molecular complexity index is 1050. The fourth-order valence-electron chi connectivity index (χ4n) is 3.78. The van der Waals surface area contributed by atoms with Gasteiger partial charge in [0, 0.05) is 33.2 Å². The van der Waals surface area contributed by atoms with Gasteiger partial charge in [-0.05, 0) is 48.7 Å². The van der Waals surface area contributed by atoms with E-state index in [4.69, 9.17) is 4.98 Å². The summed E-state index contributed by atoms with van der Waals surface area (Å²) >= 11 is 0. The predicted molar refractivity (Wildman–Crippen MR) is 114 cm³/mol. The normalized spacial score (nSPS) is 14.8. The highest BCUT2D eigenvalue weighted by Crippen LogP contribution is 2.20. The van der Waals surface area contributed by atoms with Gasteiger partial charge in [-0.15, -0.1) is 0 Å². The van der Waals surface area contributed by atoms with Crippen LogP contribution in [0, 0.1) is 6.92 Å². The number of urea groups is 1. The van der Waals surface area contributed by atoms with Crippen LogP contribution in [0.4, 0.5) is 4.79 Å². The van der Waals surface area contributed by atoms with Crippen LogP contribution in [-0.4, -0.2) is 45.5 Å². The molecule has 0 aliphatic carbocycles. The van der Waals surface area contributed by atoms with E-state index in [-0.39, 0.29) is 6.03 Å². The minimum Gasteiger partial charge on any atom is -0.326 e. The van der Waals surface area contributed by atoms with Crippen LogP contribution in [0.15, 0.2) is 42.5 Å². The molecule has 1 aliphatic heterocycles. The number of imidazole rings is 1. The molecule has 0 spiro atoms. The Morgan fingerprint density at radius 1 is 1.11 bits per heavy atom. The Kier molecular flexibility index (Phi) is 4.90. The second-order valence-corrected chi connectivity index (χ2v) is 7.35. The highest BCUT2D eigenvalue weighted by Gasteiger charge is 2.25. The maximum Gasteiger partial charge on any atom is 0.320 e. The minimum absolute atomic E-state index is 0.113. The highest BCUT2D eigenvalue weighted by atomic mass is 16.2. The van der Waals surface area contributed by atoms with Crippen LogP contribution in [0.2, 0.25) is 0 Å². The maximum absolute atomic E-state index is 12.1. The molecule has 0 radical (unpaired) electrons. The second-order valence-electron chi connectivity index (χ2n) is 7.35. The van der Waals surface area contributed by atoms with Crippen LogP contribution in [0.1, 0.15) is 29.4 Å². The van der Waals surface area contributed by atoms with Crippen molar-refractivity contribution in [3.63, 3.8) is 0 Å². The van der Waals surface area contributed by atoms with E-state index < -0.39 is 0 Å². The number of amides is 2. The van der Waals surface area contributed by atoms with Gasteiger partial charge in [-0.25, -0.2) is 9.78 Å². The largest absolute Gasteiger partial charge is 0.326 e. The molecule has 2 aromatic carbocycles. The molecule has 0 saturated carbocycles. The van der Waals surface area contributed by atoms with Crippen molar-refractivity contribution in [3.05, 3.63) is 65.0 Å². The van der Waals surface area contributed by atoms with Gasteiger partial charge in [0.05, 0.1) is 11.0 Å². The number of fused-ring (bicyclic) bond motifs is 1. The molecule has 1 aliphatic rings. The SMILES string of the molecule is CCn1c(/C=C/c2ccc(CN3CCN(C)C3=O)c(C)c2)nc2ccccc21. The molecule has 4 rings (SSSR count). The summed E-state index contributed by atoms with van der Waals surface area (Å²) < 4.78 is 2.22. The van der Waals surface area contributed by atoms with Gasteiger partial charge >= 0.3 is 6.03 Å². The second kappa shape index (κ2) is 7.50. The number of likely N-dealkylation sites (N-methyl/N-ethyl adjacent to an activating group) is 1. The van der Waals surface area contributed by atoms with E-state index in [1.54, 1.807) is 4.90 Å². The molecule has 5 heteroatoms. The van der Waals surface area contributed by atoms with Gasteiger partial charge in [-0.2, -0.15) is 0 Å². The first-order chi connectivity index (χ1) is 13.6. The monoisotopic (exact) mass is 374 g/mol. The van der Waals surface area contributed by atoms with Gasteiger partial charge in [0.1, 0.15) is 5.82 Å². The lowest BCUT2D eigenvalue weighted by Crippen LogP contribution is -2.29. The third-order valence-corrected chi connectivity index (χ3v) is 5.46. The van der Waals surface area contributed by atoms with Crippen LogP contribution < -0.4 is 0 Å². The van der Waals surface area contributed by atoms with Crippen LogP contribution >= 0.6 is 0 Å². The van der Waals surface area contributed by atoms with Crippen molar-refractivity contribution in [2.45, 2.75) is 26.9 Å². The summed E-state index contributed by atoms with van der Waals surface area (Å²) in [6.07, 6.45) is 4.19. The summed E-state index contributed by atoms with van der Waals surface area (Å²) in [5.74, 6) is 0.969. The smallest absolute Gasteiger partial charge is 0.320 e. The summed E-state index contributed by atoms with van der Waals surface area (Å²) in [5.41, 5.74) is 5.73. The Morgan fingerprint density at radius 2 is 1.93 bits per heavy atom. The molecular weight excluding hydrogens is 348 g/mol. The molecule has 0 N–H and O–H groups in total. The number of benzene rings is 2. The molecule has 2 amide bonds. The molecule has 0 unspecified atom stereocenters. The molecule has 1 aromatic heterocycles. The van der Waals surface area contributed by atoms with Crippen LogP contribution in [-0.2, 0) is 13.1 Å². The first-order valence-corrected chi connectivity index (χ1v) is 9.79. The third kappa shape index (κ3) is 3.40. The summed E-state index contributed by atoms with van der Waals surface area (Å²) in [4.78, 5) is 20.5. The molecule has 0 bridgehead atoms. The average Bonchev–Trinajstić information content (AvgIpc) is 3.22. The molecule has 144 valence electrons. The van der Waals surface area contributed by atoms with Gasteiger partial charge < -0.3 is 14.4 Å². The minimum atomic E-state index is 0.113. The predicted octanol–water partition coefficient (Wildman–Crippen LogP) is 4.40. The Balaban J connectivity index is 1.54. The Labute approximate surface area is 165 Å². The quantitative estimate of drug-likeness (QED) is 0.664. The van der Waals surface area contributed by atoms with Gasteiger partial charge in [0.25, 0.3) is 0 Å². The fraction of sp³-hybridized carbons (Fsp3) is 0.304. The number of carbonyl (C=O) groups is 1. The van der Waals surface area contributed by atoms with E-state index in [1.165, 1.54) is 11.1 Å². The van der Waals surface area contributed by atoms with Gasteiger partial charge in [0.15, 0.2) is 0 Å². The van der Waals surface area contributed by atoms with Crippen LogP contribution in [0.5, 0.6) is 0 Å². The lowest BCUT2D eigenvalue weighted by molar-refractivity contribution is 0.197. The summed E-state index contributed by atoms with van der Waals surface area (Å²) in [7, 11) is 1.85. The summed E-state index contributed by atoms with van der Waals surface area (Å²) in [6, 6.07) is 14.8. The van der Waals surface area contributed by atoms with E-state index >= 15 is 0 Å². The number of hydrogen-bond donors (Lipinski definition) is 0. The summed E-state index contributed by atoms with van der Waals surface area (Å²) in [6.45, 7) is 7.40. The topological polar surface area (TPSA) is 41.4 Å². The molecule has 28 heavy (non-hydrogen) atoms. The number of aryl methyl sites for hydroxylation is 2. The molecule has 0 atom stereocenters. The van der Waals surface area contributed by atoms with E-state index in [0.717, 1.165) is 42.1 Å². The van der Waals surface area contributed by atoms with Crippen molar-refractivity contribution in [1.29, 1.82) is 0 Å². The van der Waals surface area contributed by atoms with Crippen LogP contribution in [0.3, 0.4) is 0 Å². The van der Waals surface area contributed by atoms with E-state index in [0.29, 0.717) is 6.54 Å². The molecule has 5 nitrogen and oxygen atoms in total. The van der Waals surface area contributed by atoms with Crippen molar-refractivity contribution >= 4 is 29.2 Å². The van der Waals surface area contributed by atoms with E-state index in [9.17, 15) is 4.79 Å². The lowest BCUT2D eigenvalue weighted by atomic mass is 10.0. The zero-order valence-corrected chi connectivity index (χ0v) is 16.7. The first-order valence-electron chi connectivity index (χ1n) is 9.79. The zero-order chi connectivity index (χ0) is 19.7. The fourth-order valence-corrected chi connectivity index (χ4v) is 3.78. The number of nitrogens with zero attached hydrogens (tertiary/aromatic N) is 4. The molecule has 2 heterocycles. The number of hydrogen-bond acceptors (Lipinski definition) is 2. The van der Waals surface area contributed by atoms with Crippen molar-refractivity contribution < 1.29 is 4.79 Å². The van der Waals surface area contributed by atoms with E-state index in [1.807, 2.05) is 18.0 Å². The number of rotatable bonds is 5. The van der Waals surface area contributed by atoms with Gasteiger partial charge in [-0.3, -0.25) is 0 Å². The third-order valence-electron chi connectivity index (χ3n) is 5.46. The van der Waals surface area contributed by atoms with Crippen molar-refractivity contribution in [2.24, 2.45) is 0 Å². The Hall–Kier alpha value is -3.08. The van der Waals surface area contributed by atoms with Crippen molar-refractivity contribution in [1.82, 2.24) is 19.4 Å². The average molecular weight is 374 g/mol. The van der Waals surface area contributed by atoms with Gasteiger partial charge in [0.2, 0.25) is 0 Å². The molecule has 3 aromatic rings. The standard InChI is InChI=1S/C23H26N4O/c1-4-27-21-8-6-5-7-20(21)24-22(27)12-10-18-9-11-19(17(2)15-18)16-26-14-13-25(3)23(26)28/h5-12,15H,4,13-14,16H2,1-3H3/b12-10+. The number of aromatic nitrogens is 2. The number of carbonyl (C=O) groups excluding carboxylic acids is 1. The zero-order valence-electron chi connectivity index (χ0n) is 16.7. The van der Waals surface area contributed by atoms with Gasteiger partial charge in [-0.1, -0.05) is 36.4 Å². The van der Waals surface area contributed by atoms with Crippen LogP contribution in [0.25, 0.3) is 23.2 Å². The van der Waals surface area contributed by atoms with Crippen molar-refractivity contribution in [3.8, 4) is 0 Å². The van der Waals surface area contributed by atoms with Crippen molar-refractivity contribution in [2.75, 3.05) is 20.1 Å². The highest BCUT2D eigenvalue weighted by molar-refractivity contribution is 5.80. The molecular formula is C23H26N4O. The first kappa shape index (κ1) is 18.3.